The van der Waals surface area contributed by atoms with Crippen LogP contribution in [0.25, 0.3) is 11.3 Å². The van der Waals surface area contributed by atoms with E-state index in [1.807, 2.05) is 11.0 Å². The number of carbonyl (C=O) groups is 2. The first-order valence-electron chi connectivity index (χ1n) is 13.9. The molecule has 3 fully saturated rings. The molecule has 3 aromatic rings. The van der Waals surface area contributed by atoms with Crippen molar-refractivity contribution in [1.29, 1.82) is 0 Å². The first kappa shape index (κ1) is 26.7. The second kappa shape index (κ2) is 10.3. The van der Waals surface area contributed by atoms with E-state index in [0.717, 1.165) is 48.1 Å². The maximum absolute atomic E-state index is 13.9. The van der Waals surface area contributed by atoms with Gasteiger partial charge in [-0.15, -0.1) is 0 Å². The number of hydrogen-bond acceptors (Lipinski definition) is 5. The van der Waals surface area contributed by atoms with Crippen molar-refractivity contribution in [3.05, 3.63) is 74.2 Å². The molecule has 1 unspecified atom stereocenters. The zero-order valence-corrected chi connectivity index (χ0v) is 23.6. The van der Waals surface area contributed by atoms with E-state index in [1.165, 1.54) is 12.1 Å². The average Bonchev–Trinajstić information content (AvgIpc) is 3.44. The number of benzene rings is 2. The highest BCUT2D eigenvalue weighted by molar-refractivity contribution is 6.39. The molecule has 0 spiro atoms. The summed E-state index contributed by atoms with van der Waals surface area (Å²) in [6, 6.07) is 7.71. The maximum atomic E-state index is 13.9. The van der Waals surface area contributed by atoms with Gasteiger partial charge in [0.15, 0.2) is 0 Å². The number of piperidine rings is 1. The first-order valence-corrected chi connectivity index (χ1v) is 14.7. The summed E-state index contributed by atoms with van der Waals surface area (Å²) < 4.78 is 26.0. The lowest BCUT2D eigenvalue weighted by Gasteiger charge is -2.40. The Balaban J connectivity index is 1.05. The highest BCUT2D eigenvalue weighted by Crippen LogP contribution is 2.47. The van der Waals surface area contributed by atoms with Crippen LogP contribution in [0.4, 0.5) is 9.18 Å². The molecule has 7 rings (SSSR count). The van der Waals surface area contributed by atoms with Crippen molar-refractivity contribution in [3.63, 3.8) is 0 Å². The predicted molar refractivity (Wildman–Crippen MR) is 148 cm³/mol. The van der Waals surface area contributed by atoms with Crippen molar-refractivity contribution in [1.82, 2.24) is 15.0 Å². The van der Waals surface area contributed by atoms with E-state index in [4.69, 9.17) is 32.5 Å². The summed E-state index contributed by atoms with van der Waals surface area (Å²) in [5.74, 6) is -0.459. The molecule has 41 heavy (non-hydrogen) atoms. The van der Waals surface area contributed by atoms with Crippen molar-refractivity contribution >= 4 is 35.2 Å². The minimum Gasteiger partial charge on any atom is -0.478 e. The minimum atomic E-state index is -0.973. The second-order valence-corrected chi connectivity index (χ2v) is 12.3. The number of fused-ring (bicyclic) bond motifs is 3. The molecule has 3 aliphatic heterocycles. The Kier molecular flexibility index (Phi) is 6.71. The largest absolute Gasteiger partial charge is 0.478 e. The molecule has 0 radical (unpaired) electrons. The maximum Gasteiger partial charge on any atom is 0.336 e. The van der Waals surface area contributed by atoms with Gasteiger partial charge in [-0.05, 0) is 67.9 Å². The number of rotatable bonds is 6. The SMILES string of the molecule is O=C(O)c1cccc2c1CN(C(=O)N1[C@@H]3CC[C@H]1CC(OCc1c(-c4c(Cl)cc(F)cc4Cl)noc1C1CC1)C3)C2. The van der Waals surface area contributed by atoms with Crippen LogP contribution in [-0.2, 0) is 24.4 Å². The molecule has 3 atom stereocenters. The first-order chi connectivity index (χ1) is 19.8. The van der Waals surface area contributed by atoms with Crippen LogP contribution in [0.3, 0.4) is 0 Å². The second-order valence-electron chi connectivity index (χ2n) is 11.5. The molecular weight excluding hydrogens is 572 g/mol. The van der Waals surface area contributed by atoms with Crippen LogP contribution < -0.4 is 0 Å². The zero-order valence-electron chi connectivity index (χ0n) is 22.1. The molecule has 2 bridgehead atoms. The van der Waals surface area contributed by atoms with E-state index in [2.05, 4.69) is 5.16 Å². The lowest BCUT2D eigenvalue weighted by atomic mass is 9.99. The third kappa shape index (κ3) is 4.77. The fraction of sp³-hybridized carbons (Fsp3) is 0.433. The summed E-state index contributed by atoms with van der Waals surface area (Å²) in [5, 5.41) is 14.2. The standard InChI is InChI=1S/C30H28Cl2FN3O5/c31-24-8-17(33)9-25(32)26(24)27-23(28(41-34-27)15-4-5-15)14-40-20-10-18-6-7-19(11-20)36(18)30(39)35-12-16-2-1-3-21(29(37)38)22(16)13-35/h1-3,8-9,15,18-20H,4-7,10-14H2,(H,37,38)/t18-,19+,20?. The predicted octanol–water partition coefficient (Wildman–Crippen LogP) is 7.01. The molecule has 8 nitrogen and oxygen atoms in total. The van der Waals surface area contributed by atoms with Gasteiger partial charge in [0.05, 0.1) is 28.3 Å². The number of urea groups is 1. The van der Waals surface area contributed by atoms with E-state index in [-0.39, 0.29) is 52.4 Å². The lowest BCUT2D eigenvalue weighted by Crippen LogP contribution is -2.52. The quantitative estimate of drug-likeness (QED) is 0.327. The smallest absolute Gasteiger partial charge is 0.336 e. The lowest BCUT2D eigenvalue weighted by molar-refractivity contribution is -0.0210. The normalized spacial score (nSPS) is 23.2. The molecule has 1 aromatic heterocycles. The Morgan fingerprint density at radius 1 is 1.07 bits per heavy atom. The highest BCUT2D eigenvalue weighted by Gasteiger charge is 2.46. The molecule has 1 saturated carbocycles. The fourth-order valence-corrected chi connectivity index (χ4v) is 7.43. The van der Waals surface area contributed by atoms with Crippen molar-refractivity contribution in [3.8, 4) is 11.3 Å². The summed E-state index contributed by atoms with van der Waals surface area (Å²) in [4.78, 5) is 29.1. The van der Waals surface area contributed by atoms with E-state index < -0.39 is 11.8 Å². The van der Waals surface area contributed by atoms with E-state index in [1.54, 1.807) is 17.0 Å². The summed E-state index contributed by atoms with van der Waals surface area (Å²) in [5.41, 5.74) is 3.57. The van der Waals surface area contributed by atoms with E-state index >= 15 is 0 Å². The Morgan fingerprint density at radius 2 is 1.78 bits per heavy atom. The summed E-state index contributed by atoms with van der Waals surface area (Å²) in [7, 11) is 0. The molecule has 2 amide bonds. The van der Waals surface area contributed by atoms with Crippen LogP contribution in [0.15, 0.2) is 34.9 Å². The number of carboxylic acid groups (broad SMARTS) is 1. The van der Waals surface area contributed by atoms with Gasteiger partial charge in [-0.2, -0.15) is 0 Å². The molecule has 4 heterocycles. The van der Waals surface area contributed by atoms with Gasteiger partial charge < -0.3 is 24.2 Å². The number of amides is 2. The minimum absolute atomic E-state index is 0.0403. The molecule has 2 aromatic carbocycles. The van der Waals surface area contributed by atoms with Crippen LogP contribution in [0.5, 0.6) is 0 Å². The van der Waals surface area contributed by atoms with Crippen LogP contribution in [0, 0.1) is 5.82 Å². The van der Waals surface area contributed by atoms with Crippen molar-refractivity contribution in [2.45, 2.75) is 82.3 Å². The summed E-state index contributed by atoms with van der Waals surface area (Å²) in [6.07, 6.45) is 5.19. The fourth-order valence-electron chi connectivity index (χ4n) is 6.79. The number of carboxylic acids is 1. The molecule has 11 heteroatoms. The monoisotopic (exact) mass is 599 g/mol. The number of aromatic carboxylic acids is 1. The van der Waals surface area contributed by atoms with Crippen LogP contribution in [0.2, 0.25) is 10.0 Å². The third-order valence-electron chi connectivity index (χ3n) is 8.87. The summed E-state index contributed by atoms with van der Waals surface area (Å²) in [6.45, 7) is 0.979. The van der Waals surface area contributed by atoms with Crippen LogP contribution in [0.1, 0.15) is 77.3 Å². The van der Waals surface area contributed by atoms with Gasteiger partial charge in [0, 0.05) is 42.2 Å². The molecule has 4 aliphatic rings. The molecule has 214 valence electrons. The van der Waals surface area contributed by atoms with E-state index in [9.17, 15) is 19.1 Å². The van der Waals surface area contributed by atoms with E-state index in [0.29, 0.717) is 37.2 Å². The van der Waals surface area contributed by atoms with Gasteiger partial charge in [0.25, 0.3) is 0 Å². The number of carbonyl (C=O) groups excluding carboxylic acids is 1. The summed E-state index contributed by atoms with van der Waals surface area (Å²) >= 11 is 12.8. The molecule has 2 saturated heterocycles. The van der Waals surface area contributed by atoms with Crippen molar-refractivity contribution < 1.29 is 28.3 Å². The molecular formula is C30H28Cl2FN3O5. The number of ether oxygens (including phenoxy) is 1. The Labute approximate surface area is 245 Å². The van der Waals surface area contributed by atoms with Crippen LogP contribution >= 0.6 is 23.2 Å². The Bertz CT molecular complexity index is 1520. The topological polar surface area (TPSA) is 96.1 Å². The third-order valence-corrected chi connectivity index (χ3v) is 9.46. The van der Waals surface area contributed by atoms with Crippen molar-refractivity contribution in [2.24, 2.45) is 0 Å². The Hall–Kier alpha value is -3.14. The number of nitrogens with zero attached hydrogens (tertiary/aromatic N) is 3. The highest BCUT2D eigenvalue weighted by atomic mass is 35.5. The van der Waals surface area contributed by atoms with Gasteiger partial charge in [0.1, 0.15) is 17.3 Å². The zero-order chi connectivity index (χ0) is 28.4. The number of hydrogen-bond donors (Lipinski definition) is 1. The number of aromatic nitrogens is 1. The van der Waals surface area contributed by atoms with Crippen LogP contribution in [-0.4, -0.2) is 50.3 Å². The van der Waals surface area contributed by atoms with Gasteiger partial charge in [-0.25, -0.2) is 14.0 Å². The number of halogens is 3. The molecule has 1 N–H and O–H groups in total. The average molecular weight is 600 g/mol. The van der Waals surface area contributed by atoms with Gasteiger partial charge >= 0.3 is 12.0 Å². The Morgan fingerprint density at radius 3 is 2.44 bits per heavy atom. The van der Waals surface area contributed by atoms with Gasteiger partial charge in [-0.3, -0.25) is 0 Å². The van der Waals surface area contributed by atoms with Crippen molar-refractivity contribution in [2.75, 3.05) is 0 Å². The van der Waals surface area contributed by atoms with Gasteiger partial charge in [0.2, 0.25) is 0 Å². The molecule has 1 aliphatic carbocycles. The van der Waals surface area contributed by atoms with Gasteiger partial charge in [-0.1, -0.05) is 40.5 Å².